The Morgan fingerprint density at radius 1 is 1.38 bits per heavy atom. The van der Waals surface area contributed by atoms with Crippen molar-refractivity contribution in [1.82, 2.24) is 0 Å². The molecule has 1 unspecified atom stereocenters. The predicted molar refractivity (Wildman–Crippen MR) is 53.8 cm³/mol. The molecule has 0 N–H and O–H groups in total. The number of hydrogen-bond donors (Lipinski definition) is 0. The van der Waals surface area contributed by atoms with Crippen molar-refractivity contribution in [2.75, 3.05) is 0 Å². The fraction of sp³-hybridized carbons (Fsp3) is 0.667. The molecule has 0 spiro atoms. The number of rotatable bonds is 0. The first-order chi connectivity index (χ1) is 6.00. The van der Waals surface area contributed by atoms with Gasteiger partial charge in [0.1, 0.15) is 5.76 Å². The van der Waals surface area contributed by atoms with Gasteiger partial charge in [-0.25, -0.2) is 0 Å². The summed E-state index contributed by atoms with van der Waals surface area (Å²) in [6, 6.07) is 2.13. The zero-order valence-corrected chi connectivity index (χ0v) is 8.92. The molecule has 1 aliphatic rings. The molecule has 2 rings (SSSR count). The molecule has 0 amide bonds. The van der Waals surface area contributed by atoms with Gasteiger partial charge in [-0.1, -0.05) is 27.7 Å². The van der Waals surface area contributed by atoms with Crippen LogP contribution in [-0.2, 0) is 6.42 Å². The van der Waals surface area contributed by atoms with Gasteiger partial charge in [-0.05, 0) is 28.9 Å². The van der Waals surface area contributed by atoms with Gasteiger partial charge < -0.3 is 4.42 Å². The highest BCUT2D eigenvalue weighted by Gasteiger charge is 2.38. The van der Waals surface area contributed by atoms with Gasteiger partial charge in [0, 0.05) is 6.42 Å². The molecule has 1 aromatic heterocycles. The first-order valence-electron chi connectivity index (χ1n) is 5.06. The molecule has 1 heteroatoms. The lowest BCUT2D eigenvalue weighted by Crippen LogP contribution is -2.23. The van der Waals surface area contributed by atoms with E-state index in [9.17, 15) is 0 Å². The second-order valence-electron chi connectivity index (χ2n) is 5.26. The lowest BCUT2D eigenvalue weighted by Gasteiger charge is -2.30. The average molecular weight is 178 g/mol. The van der Waals surface area contributed by atoms with E-state index in [1.165, 1.54) is 11.3 Å². The van der Waals surface area contributed by atoms with E-state index in [2.05, 4.69) is 33.8 Å². The van der Waals surface area contributed by atoms with E-state index in [0.717, 1.165) is 12.3 Å². The van der Waals surface area contributed by atoms with Crippen molar-refractivity contribution < 1.29 is 4.42 Å². The van der Waals surface area contributed by atoms with Gasteiger partial charge in [-0.15, -0.1) is 0 Å². The van der Waals surface area contributed by atoms with Crippen molar-refractivity contribution in [3.05, 3.63) is 23.7 Å². The molecule has 0 aromatic carbocycles. The molecule has 0 bridgehead atoms. The number of fused-ring (bicyclic) bond motifs is 1. The molecule has 13 heavy (non-hydrogen) atoms. The summed E-state index contributed by atoms with van der Waals surface area (Å²) < 4.78 is 5.47. The lowest BCUT2D eigenvalue weighted by molar-refractivity contribution is 0.216. The standard InChI is InChI=1S/C12H18O/c1-8-9-5-6-13-11(9)7-10(8)12(2,3)4/h5-6,8,10H,7H2,1-4H3/t8-,10?/m0/s1. The molecule has 0 fully saturated rings. The lowest BCUT2D eigenvalue weighted by atomic mass is 9.74. The summed E-state index contributed by atoms with van der Waals surface area (Å²) >= 11 is 0. The third-order valence-corrected chi connectivity index (χ3v) is 3.39. The van der Waals surface area contributed by atoms with Crippen LogP contribution in [-0.4, -0.2) is 0 Å². The predicted octanol–water partition coefficient (Wildman–Crippen LogP) is 3.60. The van der Waals surface area contributed by atoms with Crippen molar-refractivity contribution in [1.29, 1.82) is 0 Å². The topological polar surface area (TPSA) is 13.1 Å². The van der Waals surface area contributed by atoms with Crippen LogP contribution in [0.4, 0.5) is 0 Å². The maximum absolute atomic E-state index is 5.47. The zero-order chi connectivity index (χ0) is 9.64. The van der Waals surface area contributed by atoms with Gasteiger partial charge >= 0.3 is 0 Å². The highest BCUT2D eigenvalue weighted by Crippen LogP contribution is 2.46. The summed E-state index contributed by atoms with van der Waals surface area (Å²) in [5, 5.41) is 0. The fourth-order valence-electron chi connectivity index (χ4n) is 2.57. The Bertz CT molecular complexity index is 303. The average Bonchev–Trinajstić information content (AvgIpc) is 2.51. The Morgan fingerprint density at radius 3 is 2.62 bits per heavy atom. The van der Waals surface area contributed by atoms with E-state index >= 15 is 0 Å². The van der Waals surface area contributed by atoms with E-state index in [4.69, 9.17) is 4.42 Å². The Balaban J connectivity index is 2.29. The normalized spacial score (nSPS) is 27.7. The van der Waals surface area contributed by atoms with Crippen molar-refractivity contribution in [3.63, 3.8) is 0 Å². The summed E-state index contributed by atoms with van der Waals surface area (Å²) in [6.45, 7) is 9.28. The first kappa shape index (κ1) is 8.86. The molecule has 1 heterocycles. The van der Waals surface area contributed by atoms with Gasteiger partial charge in [0.25, 0.3) is 0 Å². The highest BCUT2D eigenvalue weighted by atomic mass is 16.3. The highest BCUT2D eigenvalue weighted by molar-refractivity contribution is 5.29. The Hall–Kier alpha value is -0.720. The maximum Gasteiger partial charge on any atom is 0.107 e. The second kappa shape index (κ2) is 2.63. The van der Waals surface area contributed by atoms with Crippen LogP contribution in [0.5, 0.6) is 0 Å². The molecular formula is C12H18O. The zero-order valence-electron chi connectivity index (χ0n) is 8.92. The monoisotopic (exact) mass is 178 g/mol. The Kier molecular flexibility index (Phi) is 1.79. The molecule has 1 nitrogen and oxygen atoms in total. The minimum absolute atomic E-state index is 0.390. The maximum atomic E-state index is 5.47. The van der Waals surface area contributed by atoms with Crippen LogP contribution in [0.1, 0.15) is 44.9 Å². The van der Waals surface area contributed by atoms with Gasteiger partial charge in [0.05, 0.1) is 6.26 Å². The molecule has 0 saturated carbocycles. The fourth-order valence-corrected chi connectivity index (χ4v) is 2.57. The van der Waals surface area contributed by atoms with Crippen LogP contribution < -0.4 is 0 Å². The minimum Gasteiger partial charge on any atom is -0.469 e. The van der Waals surface area contributed by atoms with Crippen molar-refractivity contribution in [2.24, 2.45) is 11.3 Å². The van der Waals surface area contributed by atoms with Crippen molar-refractivity contribution in [2.45, 2.75) is 40.0 Å². The number of hydrogen-bond acceptors (Lipinski definition) is 1. The molecule has 2 atom stereocenters. The van der Waals surface area contributed by atoms with Crippen LogP contribution in [0.2, 0.25) is 0 Å². The number of furan rings is 1. The molecular weight excluding hydrogens is 160 g/mol. The van der Waals surface area contributed by atoms with E-state index in [0.29, 0.717) is 11.3 Å². The summed E-state index contributed by atoms with van der Waals surface area (Å²) in [6.07, 6.45) is 2.94. The van der Waals surface area contributed by atoms with Crippen LogP contribution >= 0.6 is 0 Å². The van der Waals surface area contributed by atoms with Gasteiger partial charge in [0.2, 0.25) is 0 Å². The van der Waals surface area contributed by atoms with Crippen molar-refractivity contribution in [3.8, 4) is 0 Å². The van der Waals surface area contributed by atoms with Gasteiger partial charge in [-0.3, -0.25) is 0 Å². The molecule has 1 aromatic rings. The van der Waals surface area contributed by atoms with Crippen molar-refractivity contribution >= 4 is 0 Å². The summed E-state index contributed by atoms with van der Waals surface area (Å²) in [5.74, 6) is 2.61. The second-order valence-corrected chi connectivity index (χ2v) is 5.26. The Morgan fingerprint density at radius 2 is 2.08 bits per heavy atom. The molecule has 0 aliphatic heterocycles. The quantitative estimate of drug-likeness (QED) is 0.591. The molecule has 0 radical (unpaired) electrons. The van der Waals surface area contributed by atoms with Crippen LogP contribution in [0.15, 0.2) is 16.7 Å². The van der Waals surface area contributed by atoms with Crippen LogP contribution in [0.3, 0.4) is 0 Å². The molecule has 0 saturated heterocycles. The third-order valence-electron chi connectivity index (χ3n) is 3.39. The summed E-state index contributed by atoms with van der Waals surface area (Å²) in [7, 11) is 0. The molecule has 1 aliphatic carbocycles. The van der Waals surface area contributed by atoms with E-state index in [1.54, 1.807) is 0 Å². The van der Waals surface area contributed by atoms with E-state index < -0.39 is 0 Å². The van der Waals surface area contributed by atoms with Crippen LogP contribution in [0, 0.1) is 11.3 Å². The summed E-state index contributed by atoms with van der Waals surface area (Å²) in [5.41, 5.74) is 1.82. The van der Waals surface area contributed by atoms with E-state index in [-0.39, 0.29) is 0 Å². The summed E-state index contributed by atoms with van der Waals surface area (Å²) in [4.78, 5) is 0. The smallest absolute Gasteiger partial charge is 0.107 e. The van der Waals surface area contributed by atoms with Crippen LogP contribution in [0.25, 0.3) is 0 Å². The van der Waals surface area contributed by atoms with Gasteiger partial charge in [-0.2, -0.15) is 0 Å². The molecule has 72 valence electrons. The van der Waals surface area contributed by atoms with E-state index in [1.807, 2.05) is 6.26 Å². The minimum atomic E-state index is 0.390. The SMILES string of the molecule is C[C@H]1c2ccoc2CC1C(C)(C)C. The Labute approximate surface area is 80.1 Å². The largest absolute Gasteiger partial charge is 0.469 e. The first-order valence-corrected chi connectivity index (χ1v) is 5.06. The third kappa shape index (κ3) is 1.31. The van der Waals surface area contributed by atoms with Gasteiger partial charge in [0.15, 0.2) is 0 Å².